The summed E-state index contributed by atoms with van der Waals surface area (Å²) < 4.78 is 2.36. The van der Waals surface area contributed by atoms with Gasteiger partial charge in [0, 0.05) is 33.5 Å². The van der Waals surface area contributed by atoms with Crippen LogP contribution in [0.15, 0.2) is 170 Å². The van der Waals surface area contributed by atoms with Gasteiger partial charge >= 0.3 is 0 Å². The molecule has 0 bridgehead atoms. The summed E-state index contributed by atoms with van der Waals surface area (Å²) in [6, 6.07) is 60.9. The van der Waals surface area contributed by atoms with Gasteiger partial charge in [0.1, 0.15) is 0 Å². The fourth-order valence-electron chi connectivity index (χ4n) is 6.15. The van der Waals surface area contributed by atoms with Gasteiger partial charge < -0.3 is 9.47 Å². The van der Waals surface area contributed by atoms with E-state index in [1.807, 2.05) is 0 Å². The second-order valence-corrected chi connectivity index (χ2v) is 10.7. The van der Waals surface area contributed by atoms with Crippen molar-refractivity contribution in [2.24, 2.45) is 0 Å². The van der Waals surface area contributed by atoms with Gasteiger partial charge in [0.15, 0.2) is 0 Å². The van der Waals surface area contributed by atoms with E-state index in [0.717, 1.165) is 22.7 Å². The topological polar surface area (TPSA) is 8.17 Å². The number of nitrogens with zero attached hydrogens (tertiary/aromatic N) is 2. The molecule has 2 nitrogen and oxygen atoms in total. The van der Waals surface area contributed by atoms with Gasteiger partial charge in [-0.3, -0.25) is 0 Å². The number of benzene rings is 7. The average Bonchev–Trinajstić information content (AvgIpc) is 3.40. The molecule has 42 heavy (non-hydrogen) atoms. The van der Waals surface area contributed by atoms with Crippen LogP contribution in [-0.2, 0) is 0 Å². The summed E-state index contributed by atoms with van der Waals surface area (Å²) in [5, 5.41) is 5.01. The molecule has 0 saturated heterocycles. The van der Waals surface area contributed by atoms with Gasteiger partial charge in [0.2, 0.25) is 0 Å². The van der Waals surface area contributed by atoms with Crippen molar-refractivity contribution in [2.45, 2.75) is 0 Å². The fraction of sp³-hybridized carbons (Fsp3) is 0. The van der Waals surface area contributed by atoms with Crippen LogP contribution in [0.25, 0.3) is 49.4 Å². The molecule has 8 aromatic rings. The zero-order chi connectivity index (χ0) is 27.9. The van der Waals surface area contributed by atoms with E-state index in [9.17, 15) is 0 Å². The highest BCUT2D eigenvalue weighted by Gasteiger charge is 2.15. The Balaban J connectivity index is 1.25. The molecule has 0 aliphatic heterocycles. The van der Waals surface area contributed by atoms with Gasteiger partial charge in [-0.05, 0) is 82.6 Å². The monoisotopic (exact) mass is 536 g/mol. The first-order valence-electron chi connectivity index (χ1n) is 14.4. The van der Waals surface area contributed by atoms with E-state index in [1.165, 1.54) is 43.7 Å². The Morgan fingerprint density at radius 1 is 0.357 bits per heavy atom. The van der Waals surface area contributed by atoms with E-state index in [2.05, 4.69) is 179 Å². The Kier molecular flexibility index (Phi) is 5.82. The van der Waals surface area contributed by atoms with Gasteiger partial charge in [-0.1, -0.05) is 109 Å². The van der Waals surface area contributed by atoms with E-state index in [4.69, 9.17) is 0 Å². The number of fused-ring (bicyclic) bond motifs is 4. The third kappa shape index (κ3) is 4.13. The zero-order valence-electron chi connectivity index (χ0n) is 23.1. The third-order valence-corrected chi connectivity index (χ3v) is 8.17. The van der Waals surface area contributed by atoms with Crippen molar-refractivity contribution in [3.63, 3.8) is 0 Å². The van der Waals surface area contributed by atoms with Crippen LogP contribution in [-0.4, -0.2) is 4.57 Å². The van der Waals surface area contributed by atoms with Crippen molar-refractivity contribution in [1.82, 2.24) is 4.57 Å². The smallest absolute Gasteiger partial charge is 0.0541 e. The van der Waals surface area contributed by atoms with E-state index in [1.54, 1.807) is 0 Å². The number of anilines is 3. The zero-order valence-corrected chi connectivity index (χ0v) is 23.1. The number of aromatic nitrogens is 1. The predicted octanol–water partition coefficient (Wildman–Crippen LogP) is 11.1. The van der Waals surface area contributed by atoms with Crippen LogP contribution in [0.3, 0.4) is 0 Å². The number of hydrogen-bond acceptors (Lipinski definition) is 1. The van der Waals surface area contributed by atoms with Crippen molar-refractivity contribution < 1.29 is 0 Å². The average molecular weight is 537 g/mol. The maximum atomic E-state index is 2.36. The fourth-order valence-corrected chi connectivity index (χ4v) is 6.15. The summed E-state index contributed by atoms with van der Waals surface area (Å²) in [5.41, 5.74) is 9.37. The Morgan fingerprint density at radius 3 is 1.52 bits per heavy atom. The van der Waals surface area contributed by atoms with E-state index in [0.29, 0.717) is 0 Å². The molecule has 7 aromatic carbocycles. The standard InChI is InChI=1S/C40H28N2/c1-2-10-29(11-3-1)31-18-21-33(22-19-31)41(36-23-20-30-12-4-5-13-32(30)28-36)34-24-26-35(27-25-34)42-39-16-8-6-14-37(39)38-15-7-9-17-40(38)42/h1-28H. The second kappa shape index (κ2) is 10.1. The van der Waals surface area contributed by atoms with Crippen LogP contribution < -0.4 is 4.90 Å². The molecule has 0 aliphatic carbocycles. The Morgan fingerprint density at radius 2 is 0.857 bits per heavy atom. The number of para-hydroxylation sites is 2. The third-order valence-electron chi connectivity index (χ3n) is 8.17. The predicted molar refractivity (Wildman–Crippen MR) is 178 cm³/mol. The highest BCUT2D eigenvalue weighted by atomic mass is 15.1. The van der Waals surface area contributed by atoms with E-state index >= 15 is 0 Å². The molecular weight excluding hydrogens is 508 g/mol. The molecule has 0 N–H and O–H groups in total. The summed E-state index contributed by atoms with van der Waals surface area (Å²) in [4.78, 5) is 2.34. The molecule has 0 aliphatic rings. The molecule has 1 aromatic heterocycles. The Hall–Kier alpha value is -5.60. The molecule has 0 fully saturated rings. The van der Waals surface area contributed by atoms with Crippen LogP contribution in [0.4, 0.5) is 17.1 Å². The van der Waals surface area contributed by atoms with Gasteiger partial charge in [-0.25, -0.2) is 0 Å². The lowest BCUT2D eigenvalue weighted by Crippen LogP contribution is -2.10. The first-order valence-corrected chi connectivity index (χ1v) is 14.4. The molecule has 0 atom stereocenters. The van der Waals surface area contributed by atoms with Crippen molar-refractivity contribution in [3.8, 4) is 16.8 Å². The Bertz CT molecular complexity index is 2120. The van der Waals surface area contributed by atoms with Crippen LogP contribution in [0.2, 0.25) is 0 Å². The molecule has 0 saturated carbocycles. The van der Waals surface area contributed by atoms with Crippen LogP contribution in [0, 0.1) is 0 Å². The summed E-state index contributed by atoms with van der Waals surface area (Å²) in [7, 11) is 0. The van der Waals surface area contributed by atoms with Crippen molar-refractivity contribution >= 4 is 49.6 Å². The Labute approximate surface area is 245 Å². The van der Waals surface area contributed by atoms with Crippen LogP contribution in [0.5, 0.6) is 0 Å². The molecule has 8 rings (SSSR count). The van der Waals surface area contributed by atoms with Gasteiger partial charge in [-0.2, -0.15) is 0 Å². The quantitative estimate of drug-likeness (QED) is 0.212. The highest BCUT2D eigenvalue weighted by molar-refractivity contribution is 6.09. The molecule has 2 heteroatoms. The summed E-state index contributed by atoms with van der Waals surface area (Å²) in [5.74, 6) is 0. The summed E-state index contributed by atoms with van der Waals surface area (Å²) >= 11 is 0. The first-order chi connectivity index (χ1) is 20.8. The highest BCUT2D eigenvalue weighted by Crippen LogP contribution is 2.38. The van der Waals surface area contributed by atoms with Gasteiger partial charge in [0.25, 0.3) is 0 Å². The minimum Gasteiger partial charge on any atom is -0.310 e. The minimum atomic E-state index is 1.11. The molecule has 1 heterocycles. The molecule has 198 valence electrons. The van der Waals surface area contributed by atoms with E-state index < -0.39 is 0 Å². The second-order valence-electron chi connectivity index (χ2n) is 10.7. The molecule has 0 radical (unpaired) electrons. The number of rotatable bonds is 5. The molecular formula is C40H28N2. The number of hydrogen-bond donors (Lipinski definition) is 0. The van der Waals surface area contributed by atoms with Crippen molar-refractivity contribution in [3.05, 3.63) is 170 Å². The lowest BCUT2D eigenvalue weighted by atomic mass is 10.0. The minimum absolute atomic E-state index is 1.11. The van der Waals surface area contributed by atoms with Gasteiger partial charge in [0.05, 0.1) is 11.0 Å². The lowest BCUT2D eigenvalue weighted by Gasteiger charge is -2.26. The van der Waals surface area contributed by atoms with Crippen molar-refractivity contribution in [2.75, 3.05) is 4.90 Å². The molecule has 0 amide bonds. The first kappa shape index (κ1) is 24.2. The normalized spacial score (nSPS) is 11.3. The van der Waals surface area contributed by atoms with Crippen molar-refractivity contribution in [1.29, 1.82) is 0 Å². The molecule has 0 spiro atoms. The van der Waals surface area contributed by atoms with E-state index in [-0.39, 0.29) is 0 Å². The van der Waals surface area contributed by atoms with Crippen LogP contribution in [0.1, 0.15) is 0 Å². The molecule has 0 unspecified atom stereocenters. The van der Waals surface area contributed by atoms with Gasteiger partial charge in [-0.15, -0.1) is 0 Å². The maximum absolute atomic E-state index is 2.36. The SMILES string of the molecule is c1ccc(-c2ccc(N(c3ccc(-n4c5ccccc5c5ccccc54)cc3)c3ccc4ccccc4c3)cc2)cc1. The largest absolute Gasteiger partial charge is 0.310 e. The lowest BCUT2D eigenvalue weighted by molar-refractivity contribution is 1.17. The maximum Gasteiger partial charge on any atom is 0.0541 e. The summed E-state index contributed by atoms with van der Waals surface area (Å²) in [6.45, 7) is 0. The van der Waals surface area contributed by atoms with Crippen LogP contribution >= 0.6 is 0 Å². The summed E-state index contributed by atoms with van der Waals surface area (Å²) in [6.07, 6.45) is 0.